The lowest BCUT2D eigenvalue weighted by atomic mass is 10.5. The molecule has 0 aliphatic rings. The van der Waals surface area contributed by atoms with Crippen molar-refractivity contribution < 1.29 is 4.79 Å². The zero-order chi connectivity index (χ0) is 9.14. The van der Waals surface area contributed by atoms with E-state index < -0.39 is 0 Å². The van der Waals surface area contributed by atoms with Crippen molar-refractivity contribution in [3.8, 4) is 0 Å². The standard InChI is InChI=1S/C6H7ClN4O/c1-3(12)9-5-2-4(8)10-6(7)11-5/h2H,1H3,(H3,8,9,10,11,12). The largest absolute Gasteiger partial charge is 0.383 e. The van der Waals surface area contributed by atoms with Crippen LogP contribution in [-0.4, -0.2) is 15.9 Å². The van der Waals surface area contributed by atoms with Gasteiger partial charge in [0.25, 0.3) is 0 Å². The molecule has 0 aliphatic carbocycles. The number of aromatic nitrogens is 2. The maximum atomic E-state index is 10.6. The summed E-state index contributed by atoms with van der Waals surface area (Å²) >= 11 is 5.48. The van der Waals surface area contributed by atoms with Gasteiger partial charge in [0.2, 0.25) is 11.2 Å². The number of rotatable bonds is 1. The molecule has 0 bridgehead atoms. The molecule has 1 aromatic heterocycles. The molecule has 0 radical (unpaired) electrons. The minimum Gasteiger partial charge on any atom is -0.383 e. The van der Waals surface area contributed by atoms with Gasteiger partial charge in [-0.25, -0.2) is 9.97 Å². The Labute approximate surface area is 74.0 Å². The topological polar surface area (TPSA) is 80.9 Å². The summed E-state index contributed by atoms with van der Waals surface area (Å²) in [6, 6.07) is 1.42. The fourth-order valence-electron chi connectivity index (χ4n) is 0.680. The molecule has 1 heterocycles. The number of halogens is 1. The van der Waals surface area contributed by atoms with Crippen molar-refractivity contribution in [3.63, 3.8) is 0 Å². The van der Waals surface area contributed by atoms with E-state index >= 15 is 0 Å². The number of anilines is 2. The van der Waals surface area contributed by atoms with Crippen LogP contribution in [0.4, 0.5) is 11.6 Å². The highest BCUT2D eigenvalue weighted by Gasteiger charge is 2.00. The first kappa shape index (κ1) is 8.73. The van der Waals surface area contributed by atoms with E-state index in [1.807, 2.05) is 0 Å². The maximum absolute atomic E-state index is 10.6. The highest BCUT2D eigenvalue weighted by atomic mass is 35.5. The third-order valence-electron chi connectivity index (χ3n) is 1.02. The summed E-state index contributed by atoms with van der Waals surface area (Å²) in [5.74, 6) is 0.294. The molecule has 0 aliphatic heterocycles. The molecule has 1 aromatic rings. The quantitative estimate of drug-likeness (QED) is 0.632. The summed E-state index contributed by atoms with van der Waals surface area (Å²) in [5.41, 5.74) is 5.35. The summed E-state index contributed by atoms with van der Waals surface area (Å²) in [4.78, 5) is 17.9. The Morgan fingerprint density at radius 3 is 2.83 bits per heavy atom. The normalized spacial score (nSPS) is 9.50. The Morgan fingerprint density at radius 2 is 2.33 bits per heavy atom. The number of nitrogens with two attached hydrogens (primary N) is 1. The minimum atomic E-state index is -0.232. The summed E-state index contributed by atoms with van der Waals surface area (Å²) < 4.78 is 0. The molecule has 0 saturated heterocycles. The second kappa shape index (κ2) is 3.36. The number of nitrogens with one attached hydrogen (secondary N) is 1. The smallest absolute Gasteiger partial charge is 0.226 e. The lowest BCUT2D eigenvalue weighted by Crippen LogP contribution is -2.08. The molecule has 1 amide bonds. The number of carbonyl (C=O) groups excluding carboxylic acids is 1. The van der Waals surface area contributed by atoms with Gasteiger partial charge in [-0.3, -0.25) is 4.79 Å². The fraction of sp³-hybridized carbons (Fsp3) is 0.167. The SMILES string of the molecule is CC(=O)Nc1cc(N)nc(Cl)n1. The van der Waals surface area contributed by atoms with E-state index in [0.717, 1.165) is 0 Å². The van der Waals surface area contributed by atoms with Crippen LogP contribution in [0.2, 0.25) is 5.28 Å². The predicted molar refractivity (Wildman–Crippen MR) is 45.8 cm³/mol. The van der Waals surface area contributed by atoms with Crippen LogP contribution in [0.15, 0.2) is 6.07 Å². The van der Waals surface area contributed by atoms with Gasteiger partial charge in [-0.1, -0.05) is 0 Å². The average molecular weight is 187 g/mol. The van der Waals surface area contributed by atoms with E-state index in [0.29, 0.717) is 5.82 Å². The van der Waals surface area contributed by atoms with E-state index in [1.54, 1.807) is 0 Å². The Balaban J connectivity index is 2.93. The van der Waals surface area contributed by atoms with Crippen molar-refractivity contribution in [2.24, 2.45) is 0 Å². The van der Waals surface area contributed by atoms with E-state index in [9.17, 15) is 4.79 Å². The van der Waals surface area contributed by atoms with Crippen LogP contribution in [0.1, 0.15) is 6.92 Å². The van der Waals surface area contributed by atoms with Crippen LogP contribution in [0.5, 0.6) is 0 Å². The van der Waals surface area contributed by atoms with Crippen molar-refractivity contribution in [2.45, 2.75) is 6.92 Å². The Hall–Kier alpha value is -1.36. The number of amides is 1. The van der Waals surface area contributed by atoms with Gasteiger partial charge in [0.05, 0.1) is 0 Å². The van der Waals surface area contributed by atoms with E-state index in [1.165, 1.54) is 13.0 Å². The molecule has 6 heteroatoms. The van der Waals surface area contributed by atoms with Crippen molar-refractivity contribution in [3.05, 3.63) is 11.3 Å². The number of hydrogen-bond donors (Lipinski definition) is 2. The molecular weight excluding hydrogens is 180 g/mol. The van der Waals surface area contributed by atoms with Crippen LogP contribution < -0.4 is 11.1 Å². The molecule has 12 heavy (non-hydrogen) atoms. The molecule has 0 spiro atoms. The van der Waals surface area contributed by atoms with Crippen LogP contribution in [0.25, 0.3) is 0 Å². The highest BCUT2D eigenvalue weighted by molar-refractivity contribution is 6.28. The molecule has 0 saturated carbocycles. The Bertz CT molecular complexity index is 294. The zero-order valence-electron chi connectivity index (χ0n) is 6.34. The fourth-order valence-corrected chi connectivity index (χ4v) is 0.869. The van der Waals surface area contributed by atoms with Gasteiger partial charge in [-0.2, -0.15) is 0 Å². The second-order valence-electron chi connectivity index (χ2n) is 2.13. The van der Waals surface area contributed by atoms with Gasteiger partial charge in [0.15, 0.2) is 0 Å². The van der Waals surface area contributed by atoms with Crippen molar-refractivity contribution >= 4 is 29.1 Å². The Kier molecular flexibility index (Phi) is 2.44. The van der Waals surface area contributed by atoms with Crippen LogP contribution in [0, 0.1) is 0 Å². The third kappa shape index (κ3) is 2.35. The average Bonchev–Trinajstić information content (AvgIpc) is 1.81. The van der Waals surface area contributed by atoms with E-state index in [4.69, 9.17) is 17.3 Å². The third-order valence-corrected chi connectivity index (χ3v) is 1.19. The van der Waals surface area contributed by atoms with Crippen LogP contribution >= 0.6 is 11.6 Å². The predicted octanol–water partition coefficient (Wildman–Crippen LogP) is 0.671. The second-order valence-corrected chi connectivity index (χ2v) is 2.47. The molecular formula is C6H7ClN4O. The maximum Gasteiger partial charge on any atom is 0.226 e. The molecule has 64 valence electrons. The lowest BCUT2D eigenvalue weighted by molar-refractivity contribution is -0.114. The number of nitrogens with zero attached hydrogens (tertiary/aromatic N) is 2. The number of nitrogen functional groups attached to an aromatic ring is 1. The minimum absolute atomic E-state index is 0.0127. The number of carbonyl (C=O) groups is 1. The van der Waals surface area contributed by atoms with Gasteiger partial charge >= 0.3 is 0 Å². The monoisotopic (exact) mass is 186 g/mol. The molecule has 0 aromatic carbocycles. The van der Waals surface area contributed by atoms with Gasteiger partial charge in [0, 0.05) is 13.0 Å². The molecule has 0 unspecified atom stereocenters. The highest BCUT2D eigenvalue weighted by Crippen LogP contribution is 2.10. The first-order valence-electron chi connectivity index (χ1n) is 3.15. The molecule has 5 nitrogen and oxygen atoms in total. The molecule has 0 atom stereocenters. The summed E-state index contributed by atoms with van der Waals surface area (Å²) in [6.07, 6.45) is 0. The lowest BCUT2D eigenvalue weighted by Gasteiger charge is -2.01. The Morgan fingerprint density at radius 1 is 1.67 bits per heavy atom. The number of hydrogen-bond acceptors (Lipinski definition) is 4. The van der Waals surface area contributed by atoms with E-state index in [-0.39, 0.29) is 17.0 Å². The van der Waals surface area contributed by atoms with Gasteiger partial charge in [0.1, 0.15) is 11.6 Å². The van der Waals surface area contributed by atoms with Crippen LogP contribution in [-0.2, 0) is 4.79 Å². The van der Waals surface area contributed by atoms with Gasteiger partial charge in [-0.05, 0) is 11.6 Å². The first-order chi connectivity index (χ1) is 5.58. The molecule has 1 rings (SSSR count). The molecule has 3 N–H and O–H groups in total. The summed E-state index contributed by atoms with van der Waals surface area (Å²) in [7, 11) is 0. The van der Waals surface area contributed by atoms with Crippen molar-refractivity contribution in [2.75, 3.05) is 11.1 Å². The zero-order valence-corrected chi connectivity index (χ0v) is 7.09. The van der Waals surface area contributed by atoms with Crippen molar-refractivity contribution in [1.29, 1.82) is 0 Å². The summed E-state index contributed by atoms with van der Waals surface area (Å²) in [5, 5.41) is 2.44. The van der Waals surface area contributed by atoms with Gasteiger partial charge in [-0.15, -0.1) is 0 Å². The van der Waals surface area contributed by atoms with E-state index in [2.05, 4.69) is 15.3 Å². The van der Waals surface area contributed by atoms with Gasteiger partial charge < -0.3 is 11.1 Å². The van der Waals surface area contributed by atoms with Crippen molar-refractivity contribution in [1.82, 2.24) is 9.97 Å². The first-order valence-corrected chi connectivity index (χ1v) is 3.53. The van der Waals surface area contributed by atoms with Crippen LogP contribution in [0.3, 0.4) is 0 Å². The molecule has 0 fully saturated rings. The summed E-state index contributed by atoms with van der Waals surface area (Å²) in [6.45, 7) is 1.37.